The van der Waals surface area contributed by atoms with Crippen LogP contribution in [0, 0.1) is 0 Å². The zero-order valence-corrected chi connectivity index (χ0v) is 16.2. The molecule has 1 heterocycles. The third-order valence-electron chi connectivity index (χ3n) is 3.89. The van der Waals surface area contributed by atoms with Crippen LogP contribution in [0.3, 0.4) is 0 Å². The predicted molar refractivity (Wildman–Crippen MR) is 99.3 cm³/mol. The Labute approximate surface area is 164 Å². The summed E-state index contributed by atoms with van der Waals surface area (Å²) < 4.78 is 89.6. The molecule has 0 fully saturated rings. The van der Waals surface area contributed by atoms with Gasteiger partial charge >= 0.3 is 6.18 Å². The fraction of sp³-hybridized carbons (Fsp3) is 0.188. The summed E-state index contributed by atoms with van der Waals surface area (Å²) in [5.41, 5.74) is -0.896. The maximum Gasteiger partial charge on any atom is 0.416 e. The van der Waals surface area contributed by atoms with Crippen molar-refractivity contribution in [2.24, 2.45) is 4.40 Å². The Kier molecular flexibility index (Phi) is 5.19. The van der Waals surface area contributed by atoms with Gasteiger partial charge in [-0.2, -0.15) is 13.2 Å². The van der Waals surface area contributed by atoms with Crippen molar-refractivity contribution in [3.63, 3.8) is 0 Å². The number of hydrogen-bond acceptors (Lipinski definition) is 5. The van der Waals surface area contributed by atoms with E-state index in [1.165, 1.54) is 30.3 Å². The third kappa shape index (κ3) is 4.15. The zero-order chi connectivity index (χ0) is 20.7. The van der Waals surface area contributed by atoms with E-state index in [-0.39, 0.29) is 16.3 Å². The van der Waals surface area contributed by atoms with E-state index >= 15 is 0 Å². The molecule has 0 bridgehead atoms. The van der Waals surface area contributed by atoms with Crippen molar-refractivity contribution in [2.45, 2.75) is 17.2 Å². The Morgan fingerprint density at radius 1 is 1.04 bits per heavy atom. The van der Waals surface area contributed by atoms with Crippen LogP contribution in [0.5, 0.6) is 0 Å². The number of nitrogens with one attached hydrogen (secondary N) is 1. The van der Waals surface area contributed by atoms with Gasteiger partial charge < -0.3 is 5.32 Å². The first-order valence-electron chi connectivity index (χ1n) is 7.66. The molecule has 2 aromatic carbocycles. The predicted octanol–water partition coefficient (Wildman–Crippen LogP) is 3.45. The second-order valence-corrected chi connectivity index (χ2v) is 10.5. The molecule has 0 radical (unpaired) electrons. The van der Waals surface area contributed by atoms with Crippen LogP contribution in [-0.4, -0.2) is 26.6 Å². The molecule has 12 heteroatoms. The highest BCUT2D eigenvalue weighted by Gasteiger charge is 2.48. The van der Waals surface area contributed by atoms with Crippen molar-refractivity contribution < 1.29 is 30.0 Å². The molecule has 6 nitrogen and oxygen atoms in total. The number of sulfone groups is 1. The third-order valence-corrected chi connectivity index (χ3v) is 8.59. The van der Waals surface area contributed by atoms with Gasteiger partial charge in [-0.05, 0) is 29.8 Å². The van der Waals surface area contributed by atoms with Gasteiger partial charge in [0.25, 0.3) is 10.0 Å². The van der Waals surface area contributed by atoms with Gasteiger partial charge in [-0.25, -0.2) is 16.8 Å². The number of sulfonamides is 1. The smallest absolute Gasteiger partial charge is 0.330 e. The molecule has 0 saturated carbocycles. The van der Waals surface area contributed by atoms with Crippen LogP contribution < -0.4 is 5.32 Å². The van der Waals surface area contributed by atoms with E-state index in [2.05, 4.69) is 9.71 Å². The fourth-order valence-corrected chi connectivity index (χ4v) is 6.90. The molecular weight excluding hydrogens is 441 g/mol. The van der Waals surface area contributed by atoms with Gasteiger partial charge in [0.15, 0.2) is 4.58 Å². The van der Waals surface area contributed by atoms with E-state index in [9.17, 15) is 30.0 Å². The molecule has 0 saturated heterocycles. The molecular formula is C16H12ClF3N2O4S2. The summed E-state index contributed by atoms with van der Waals surface area (Å²) in [6.45, 7) is 0. The number of amidine groups is 1. The molecule has 0 amide bonds. The van der Waals surface area contributed by atoms with Crippen LogP contribution in [-0.2, 0) is 32.5 Å². The molecule has 2 aromatic rings. The first-order valence-corrected chi connectivity index (χ1v) is 11.1. The molecule has 150 valence electrons. The normalized spacial score (nSPS) is 20.6. The van der Waals surface area contributed by atoms with E-state index in [0.29, 0.717) is 6.07 Å². The number of halogens is 4. The van der Waals surface area contributed by atoms with Gasteiger partial charge in [-0.3, -0.25) is 0 Å². The quantitative estimate of drug-likeness (QED) is 0.770. The highest BCUT2D eigenvalue weighted by Crippen LogP contribution is 2.32. The first kappa shape index (κ1) is 20.6. The molecule has 0 spiro atoms. The lowest BCUT2D eigenvalue weighted by Gasteiger charge is -2.12. The van der Waals surface area contributed by atoms with Crippen LogP contribution in [0.4, 0.5) is 18.9 Å². The Bertz CT molecular complexity index is 1160. The first-order chi connectivity index (χ1) is 12.9. The van der Waals surface area contributed by atoms with Crippen molar-refractivity contribution in [2.75, 3.05) is 5.32 Å². The van der Waals surface area contributed by atoms with Crippen LogP contribution in [0.15, 0.2) is 52.9 Å². The largest absolute Gasteiger partial charge is 0.416 e. The molecule has 1 N–H and O–H groups in total. The molecule has 0 aromatic heterocycles. The number of hydrogen-bond donors (Lipinski definition) is 1. The van der Waals surface area contributed by atoms with Gasteiger partial charge in [-0.15, -0.1) is 4.40 Å². The Morgan fingerprint density at radius 3 is 2.36 bits per heavy atom. The Morgan fingerprint density at radius 2 is 1.71 bits per heavy atom. The monoisotopic (exact) mass is 452 g/mol. The lowest BCUT2D eigenvalue weighted by molar-refractivity contribution is -0.137. The minimum absolute atomic E-state index is 0.0915. The number of benzene rings is 2. The van der Waals surface area contributed by atoms with Crippen molar-refractivity contribution in [3.05, 3.63) is 64.7 Å². The fourth-order valence-electron chi connectivity index (χ4n) is 2.58. The van der Waals surface area contributed by atoms with E-state index in [4.69, 9.17) is 11.6 Å². The average Bonchev–Trinajstić information content (AvgIpc) is 2.74. The molecule has 1 atom stereocenters. The van der Waals surface area contributed by atoms with Crippen LogP contribution >= 0.6 is 11.6 Å². The van der Waals surface area contributed by atoms with E-state index < -0.39 is 47.8 Å². The standard InChI is InChI=1S/C16H12ClF3N2O4S2/c17-12-5-2-6-13(9-12)21-15-22-28(25,26)14(27(15,23)24)8-10-3-1-4-11(7-10)16(18,19)20/h1-7,9,14H,8H2,(H,21,22). The van der Waals surface area contributed by atoms with Gasteiger partial charge in [0.05, 0.1) is 5.56 Å². The zero-order valence-electron chi connectivity index (χ0n) is 13.8. The SMILES string of the molecule is O=S1(=O)N=C(Nc2cccc(Cl)c2)S(=O)(=O)C1Cc1cccc(C(F)(F)F)c1. The molecule has 1 aliphatic rings. The van der Waals surface area contributed by atoms with Gasteiger partial charge in [0.1, 0.15) is 0 Å². The summed E-state index contributed by atoms with van der Waals surface area (Å²) in [4.78, 5) is 0. The van der Waals surface area contributed by atoms with Crippen molar-refractivity contribution in [1.82, 2.24) is 0 Å². The summed E-state index contributed by atoms with van der Waals surface area (Å²) in [7, 11) is -8.96. The number of rotatable bonds is 3. The number of nitrogens with zero attached hydrogens (tertiary/aromatic N) is 1. The lowest BCUT2D eigenvalue weighted by atomic mass is 10.1. The van der Waals surface area contributed by atoms with Crippen molar-refractivity contribution in [3.8, 4) is 0 Å². The minimum Gasteiger partial charge on any atom is -0.330 e. The minimum atomic E-state index is -4.64. The second kappa shape index (κ2) is 7.05. The van der Waals surface area contributed by atoms with E-state index in [1.54, 1.807) is 0 Å². The lowest BCUT2D eigenvalue weighted by Crippen LogP contribution is -2.31. The van der Waals surface area contributed by atoms with Crippen LogP contribution in [0.1, 0.15) is 11.1 Å². The Hall–Kier alpha value is -2.11. The highest BCUT2D eigenvalue weighted by molar-refractivity contribution is 8.20. The molecule has 1 unspecified atom stereocenters. The molecule has 28 heavy (non-hydrogen) atoms. The second-order valence-electron chi connectivity index (χ2n) is 5.92. The van der Waals surface area contributed by atoms with Gasteiger partial charge in [-0.1, -0.05) is 35.9 Å². The van der Waals surface area contributed by atoms with Crippen molar-refractivity contribution >= 4 is 42.3 Å². The number of anilines is 1. The number of alkyl halides is 3. The Balaban J connectivity index is 1.92. The molecule has 1 aliphatic heterocycles. The van der Waals surface area contributed by atoms with E-state index in [0.717, 1.165) is 12.1 Å². The topological polar surface area (TPSA) is 92.7 Å². The maximum atomic E-state index is 12.8. The summed E-state index contributed by atoms with van der Waals surface area (Å²) in [5, 5.41) is 1.88. The summed E-state index contributed by atoms with van der Waals surface area (Å²) in [5.74, 6) is 0. The van der Waals surface area contributed by atoms with Gasteiger partial charge in [0, 0.05) is 17.1 Å². The van der Waals surface area contributed by atoms with Crippen molar-refractivity contribution in [1.29, 1.82) is 0 Å². The maximum absolute atomic E-state index is 12.8. The summed E-state index contributed by atoms with van der Waals surface area (Å²) >= 11 is 5.81. The van der Waals surface area contributed by atoms with Crippen LogP contribution in [0.2, 0.25) is 5.02 Å². The van der Waals surface area contributed by atoms with Crippen LogP contribution in [0.25, 0.3) is 0 Å². The highest BCUT2D eigenvalue weighted by atomic mass is 35.5. The summed E-state index contributed by atoms with van der Waals surface area (Å²) in [6, 6.07) is 9.70. The molecule has 0 aliphatic carbocycles. The average molecular weight is 453 g/mol. The van der Waals surface area contributed by atoms with E-state index in [1.807, 2.05) is 0 Å². The molecule has 3 rings (SSSR count). The summed E-state index contributed by atoms with van der Waals surface area (Å²) in [6.07, 6.45) is -5.31. The van der Waals surface area contributed by atoms with Gasteiger partial charge in [0.2, 0.25) is 15.0 Å².